The Labute approximate surface area is 186 Å². The van der Waals surface area contributed by atoms with Crippen LogP contribution < -0.4 is 0 Å². The number of aryl methyl sites for hydroxylation is 1. The largest absolute Gasteiger partial charge is 0.327 e. The van der Waals surface area contributed by atoms with E-state index in [2.05, 4.69) is 15.1 Å². The molecule has 1 saturated heterocycles. The first-order valence-corrected chi connectivity index (χ1v) is 10.7. The van der Waals surface area contributed by atoms with Gasteiger partial charge in [-0.3, -0.25) is 19.4 Å². The highest BCUT2D eigenvalue weighted by atomic mass is 19.2. The highest BCUT2D eigenvalue weighted by molar-refractivity contribution is 5.98. The summed E-state index contributed by atoms with van der Waals surface area (Å²) < 4.78 is 42.9. The number of nitrogens with zero attached hydrogens (tertiary/aromatic N) is 5. The van der Waals surface area contributed by atoms with Crippen molar-refractivity contribution >= 4 is 16.9 Å². The van der Waals surface area contributed by atoms with Crippen molar-refractivity contribution in [1.82, 2.24) is 24.6 Å². The van der Waals surface area contributed by atoms with E-state index in [9.17, 15) is 18.0 Å². The molecule has 0 spiro atoms. The molecule has 33 heavy (non-hydrogen) atoms. The van der Waals surface area contributed by atoms with Crippen LogP contribution in [0.15, 0.2) is 42.7 Å². The van der Waals surface area contributed by atoms with Gasteiger partial charge in [0.2, 0.25) is 0 Å². The van der Waals surface area contributed by atoms with Crippen LogP contribution in [0.3, 0.4) is 0 Å². The molecular weight excluding hydrogens is 431 g/mol. The smallest absolute Gasteiger partial charge is 0.254 e. The van der Waals surface area contributed by atoms with Crippen LogP contribution >= 0.6 is 0 Å². The molecule has 2 aliphatic heterocycles. The highest BCUT2D eigenvalue weighted by Gasteiger charge is 2.45. The monoisotopic (exact) mass is 449 g/mol. The number of halogens is 3. The molecule has 2 aliphatic rings. The molecule has 2 aromatic heterocycles. The topological polar surface area (TPSA) is 63.9 Å². The Morgan fingerprint density at radius 2 is 1.73 bits per heavy atom. The van der Waals surface area contributed by atoms with E-state index in [1.807, 2.05) is 4.90 Å². The first-order chi connectivity index (χ1) is 15.9. The van der Waals surface area contributed by atoms with Crippen LogP contribution in [0.2, 0.25) is 0 Å². The van der Waals surface area contributed by atoms with Crippen LogP contribution in [0, 0.1) is 17.5 Å². The second-order valence-electron chi connectivity index (χ2n) is 8.51. The van der Waals surface area contributed by atoms with E-state index in [1.54, 1.807) is 42.3 Å². The van der Waals surface area contributed by atoms with Crippen molar-refractivity contribution in [3.8, 4) is 11.3 Å². The highest BCUT2D eigenvalue weighted by Crippen LogP contribution is 2.46. The first kappa shape index (κ1) is 19.9. The van der Waals surface area contributed by atoms with Crippen molar-refractivity contribution in [2.24, 2.45) is 7.05 Å². The summed E-state index contributed by atoms with van der Waals surface area (Å²) in [6.07, 6.45) is 5.25. The molecule has 0 N–H and O–H groups in total. The Bertz CT molecular complexity index is 1430. The quantitative estimate of drug-likeness (QED) is 0.427. The maximum atomic E-state index is 13.9. The molecule has 0 unspecified atom stereocenters. The summed E-state index contributed by atoms with van der Waals surface area (Å²) in [5.41, 5.74) is 4.24. The van der Waals surface area contributed by atoms with Crippen LogP contribution in [0.4, 0.5) is 13.2 Å². The van der Waals surface area contributed by atoms with Gasteiger partial charge in [0.25, 0.3) is 5.91 Å². The third-order valence-corrected chi connectivity index (χ3v) is 6.64. The van der Waals surface area contributed by atoms with Gasteiger partial charge in [-0.05, 0) is 49.6 Å². The van der Waals surface area contributed by atoms with E-state index in [0.717, 1.165) is 36.2 Å². The lowest BCUT2D eigenvalue weighted by molar-refractivity contribution is 0.0642. The molecule has 0 aliphatic carbocycles. The summed E-state index contributed by atoms with van der Waals surface area (Å²) in [5.74, 6) is -4.08. The predicted molar refractivity (Wildman–Crippen MR) is 114 cm³/mol. The summed E-state index contributed by atoms with van der Waals surface area (Å²) in [5, 5.41) is 4.63. The third-order valence-electron chi connectivity index (χ3n) is 6.64. The van der Waals surface area contributed by atoms with Gasteiger partial charge in [-0.25, -0.2) is 13.2 Å². The van der Waals surface area contributed by atoms with E-state index < -0.39 is 17.5 Å². The number of amides is 1. The second-order valence-corrected chi connectivity index (χ2v) is 8.51. The zero-order valence-corrected chi connectivity index (χ0v) is 17.6. The molecule has 2 aromatic carbocycles. The molecule has 0 radical (unpaired) electrons. The molecule has 6 rings (SSSR count). The maximum absolute atomic E-state index is 13.9. The number of carbonyl (C=O) groups is 1. The van der Waals surface area contributed by atoms with Crippen molar-refractivity contribution in [2.45, 2.75) is 31.3 Å². The zero-order chi connectivity index (χ0) is 22.9. The summed E-state index contributed by atoms with van der Waals surface area (Å²) in [7, 11) is 1.69. The number of carbonyl (C=O) groups excluding carboxylic acids is 1. The molecule has 1 amide bonds. The van der Waals surface area contributed by atoms with Gasteiger partial charge in [0.1, 0.15) is 0 Å². The van der Waals surface area contributed by atoms with Gasteiger partial charge in [-0.2, -0.15) is 5.10 Å². The van der Waals surface area contributed by atoms with E-state index >= 15 is 0 Å². The van der Waals surface area contributed by atoms with E-state index in [-0.39, 0.29) is 23.6 Å². The average Bonchev–Trinajstić information content (AvgIpc) is 3.32. The lowest BCUT2D eigenvalue weighted by Gasteiger charge is -2.34. The summed E-state index contributed by atoms with van der Waals surface area (Å²) in [4.78, 5) is 23.9. The minimum absolute atomic E-state index is 0.0642. The Morgan fingerprint density at radius 1 is 1.00 bits per heavy atom. The van der Waals surface area contributed by atoms with E-state index in [0.29, 0.717) is 28.7 Å². The van der Waals surface area contributed by atoms with Gasteiger partial charge in [0.15, 0.2) is 17.5 Å². The molecular formula is C24H18F3N5O. The fourth-order valence-electron chi connectivity index (χ4n) is 5.25. The van der Waals surface area contributed by atoms with Gasteiger partial charge in [0, 0.05) is 42.2 Å². The molecule has 9 heteroatoms. The van der Waals surface area contributed by atoms with Crippen molar-refractivity contribution < 1.29 is 18.0 Å². The molecule has 2 bridgehead atoms. The van der Waals surface area contributed by atoms with Crippen LogP contribution in [-0.2, 0) is 13.5 Å². The van der Waals surface area contributed by atoms with Crippen molar-refractivity contribution in [3.05, 3.63) is 77.0 Å². The average molecular weight is 449 g/mol. The van der Waals surface area contributed by atoms with Crippen molar-refractivity contribution in [2.75, 3.05) is 0 Å². The van der Waals surface area contributed by atoms with Crippen LogP contribution in [0.1, 0.15) is 40.5 Å². The number of hydrogen-bond acceptors (Lipinski definition) is 4. The minimum atomic E-state index is -1.49. The van der Waals surface area contributed by atoms with Crippen LogP contribution in [0.5, 0.6) is 0 Å². The SMILES string of the molecule is Cn1nc2c(c1-c1cc(F)c(F)c(F)c1)C[C@@H]1CC[C@H]2N1C(=O)c1ccc2nccnc2c1. The van der Waals surface area contributed by atoms with Gasteiger partial charge < -0.3 is 4.90 Å². The second kappa shape index (κ2) is 7.13. The molecule has 2 atom stereocenters. The fourth-order valence-corrected chi connectivity index (χ4v) is 5.25. The Kier molecular flexibility index (Phi) is 4.30. The first-order valence-electron chi connectivity index (χ1n) is 10.7. The van der Waals surface area contributed by atoms with Gasteiger partial charge in [-0.1, -0.05) is 0 Å². The van der Waals surface area contributed by atoms with Crippen LogP contribution in [0.25, 0.3) is 22.3 Å². The summed E-state index contributed by atoms with van der Waals surface area (Å²) in [6.45, 7) is 0. The maximum Gasteiger partial charge on any atom is 0.254 e. The molecule has 6 nitrogen and oxygen atoms in total. The number of aromatic nitrogens is 4. The van der Waals surface area contributed by atoms with Gasteiger partial charge in [-0.15, -0.1) is 0 Å². The minimum Gasteiger partial charge on any atom is -0.327 e. The third kappa shape index (κ3) is 2.95. The molecule has 0 saturated carbocycles. The number of hydrogen-bond donors (Lipinski definition) is 0. The zero-order valence-electron chi connectivity index (χ0n) is 17.6. The molecule has 1 fully saturated rings. The Hall–Kier alpha value is -3.75. The fraction of sp³-hybridized carbons (Fsp3) is 0.250. The standard InChI is InChI=1S/C24H18F3N5O/c1-31-23(13-8-16(25)21(27)17(26)9-13)15-11-14-3-5-20(22(15)30-31)32(14)24(33)12-2-4-18-19(10-12)29-7-6-28-18/h2,4,6-10,14,20H,3,5,11H2,1H3/t14-,20+/m0/s1. The lowest BCUT2D eigenvalue weighted by Crippen LogP contribution is -2.41. The molecule has 4 aromatic rings. The number of rotatable bonds is 2. The van der Waals surface area contributed by atoms with Gasteiger partial charge >= 0.3 is 0 Å². The summed E-state index contributed by atoms with van der Waals surface area (Å²) >= 11 is 0. The Morgan fingerprint density at radius 3 is 2.48 bits per heavy atom. The molecule has 4 heterocycles. The van der Waals surface area contributed by atoms with E-state index in [1.165, 1.54) is 0 Å². The lowest BCUT2D eigenvalue weighted by atomic mass is 9.94. The van der Waals surface area contributed by atoms with Crippen LogP contribution in [-0.4, -0.2) is 36.6 Å². The number of fused-ring (bicyclic) bond motifs is 5. The van der Waals surface area contributed by atoms with Gasteiger partial charge in [0.05, 0.1) is 28.5 Å². The summed E-state index contributed by atoms with van der Waals surface area (Å²) in [6, 6.07) is 6.96. The predicted octanol–water partition coefficient (Wildman–Crippen LogP) is 4.35. The Balaban J connectivity index is 1.40. The molecule has 166 valence electrons. The van der Waals surface area contributed by atoms with E-state index in [4.69, 9.17) is 0 Å². The number of benzene rings is 2. The van der Waals surface area contributed by atoms with Crippen molar-refractivity contribution in [3.63, 3.8) is 0 Å². The van der Waals surface area contributed by atoms with Crippen molar-refractivity contribution in [1.29, 1.82) is 0 Å². The normalized spacial score (nSPS) is 19.2.